The van der Waals surface area contributed by atoms with Crippen molar-refractivity contribution in [1.82, 2.24) is 0 Å². The predicted molar refractivity (Wildman–Crippen MR) is 230 cm³/mol. The molecule has 0 spiro atoms. The zero-order chi connectivity index (χ0) is 48.3. The van der Waals surface area contributed by atoms with E-state index in [0.717, 1.165) is 44.9 Å². The Bertz CT molecular complexity index is 1790. The molecule has 3 heterocycles. The van der Waals surface area contributed by atoms with Crippen LogP contribution in [0.2, 0.25) is 0 Å². The van der Waals surface area contributed by atoms with Crippen molar-refractivity contribution in [3.05, 3.63) is 11.6 Å². The molecule has 4 saturated carbocycles. The Balaban J connectivity index is 0.998. The molecule has 3 saturated heterocycles. The number of carbonyl (C=O) groups excluding carboxylic acids is 1. The van der Waals surface area contributed by atoms with Gasteiger partial charge in [-0.05, 0) is 109 Å². The summed E-state index contributed by atoms with van der Waals surface area (Å²) in [6.45, 7) is 14.1. The third-order valence-corrected chi connectivity index (χ3v) is 19.3. The van der Waals surface area contributed by atoms with Crippen LogP contribution in [0.15, 0.2) is 11.6 Å². The highest BCUT2D eigenvalue weighted by Gasteiger charge is 2.70. The summed E-state index contributed by atoms with van der Waals surface area (Å²) >= 11 is 0. The second kappa shape index (κ2) is 18.0. The lowest BCUT2D eigenvalue weighted by atomic mass is 9.33. The molecule has 7 fully saturated rings. The average molecular weight is 943 g/mol. The van der Waals surface area contributed by atoms with Gasteiger partial charge < -0.3 is 84.6 Å². The number of allylic oxidation sites excluding steroid dienone is 2. The SMILES string of the molecule is CC1(C)CCC2(C(=O)O[C@@H]3O[C@H](CO)[C@@H](O)[C@H](O)[C@H]3O)CC[C@]3(C)C(=CCC4C5(C)CCC(O[C@@H]6O[C@H](CO)[C@@H](O[C@@H]7O[C@H](CO)[C@H](O)[C@H](O)[C@H]7O)[C@H](O)[C@H]6O)C(C)(C)C5CCC43C)C2C1. The van der Waals surface area contributed by atoms with Crippen LogP contribution in [0.25, 0.3) is 0 Å². The van der Waals surface area contributed by atoms with Gasteiger partial charge in [0.25, 0.3) is 0 Å². The zero-order valence-corrected chi connectivity index (χ0v) is 39.5. The highest BCUT2D eigenvalue weighted by Crippen LogP contribution is 2.76. The Labute approximate surface area is 387 Å². The van der Waals surface area contributed by atoms with E-state index in [9.17, 15) is 61.0 Å². The molecule has 0 aromatic heterocycles. The van der Waals surface area contributed by atoms with Gasteiger partial charge in [0.2, 0.25) is 6.29 Å². The van der Waals surface area contributed by atoms with Crippen molar-refractivity contribution in [1.29, 1.82) is 0 Å². The van der Waals surface area contributed by atoms with E-state index < -0.39 is 135 Å². The Morgan fingerprint density at radius 2 is 1.15 bits per heavy atom. The van der Waals surface area contributed by atoms with Gasteiger partial charge in [-0.2, -0.15) is 0 Å². The number of rotatable bonds is 9. The van der Waals surface area contributed by atoms with Crippen LogP contribution in [-0.4, -0.2) is 180 Å². The van der Waals surface area contributed by atoms with Crippen molar-refractivity contribution in [3.8, 4) is 0 Å². The van der Waals surface area contributed by atoms with E-state index in [1.165, 1.54) is 5.57 Å². The maximum absolute atomic E-state index is 14.7. The van der Waals surface area contributed by atoms with E-state index in [2.05, 4.69) is 54.5 Å². The lowest BCUT2D eigenvalue weighted by Crippen LogP contribution is -2.67. The van der Waals surface area contributed by atoms with Gasteiger partial charge in [0.1, 0.15) is 73.2 Å². The van der Waals surface area contributed by atoms with Crippen LogP contribution in [0.1, 0.15) is 113 Å². The van der Waals surface area contributed by atoms with Gasteiger partial charge in [-0.15, -0.1) is 0 Å². The van der Waals surface area contributed by atoms with Crippen LogP contribution in [0, 0.1) is 50.2 Å². The zero-order valence-electron chi connectivity index (χ0n) is 39.5. The first-order valence-electron chi connectivity index (χ1n) is 24.3. The first kappa shape index (κ1) is 50.9. The number of hydrogen-bond acceptors (Lipinski definition) is 18. The molecule has 5 aliphatic carbocycles. The van der Waals surface area contributed by atoms with Crippen LogP contribution in [-0.2, 0) is 33.2 Å². The summed E-state index contributed by atoms with van der Waals surface area (Å²) in [6, 6.07) is 0. The summed E-state index contributed by atoms with van der Waals surface area (Å²) < 4.78 is 35.6. The molecule has 18 heteroatoms. The van der Waals surface area contributed by atoms with Crippen LogP contribution < -0.4 is 0 Å². The normalized spacial score (nSPS) is 53.3. The summed E-state index contributed by atoms with van der Waals surface area (Å²) in [5.74, 6) is -0.157. The predicted octanol–water partition coefficient (Wildman–Crippen LogP) is 0.141. The largest absolute Gasteiger partial charge is 0.432 e. The molecule has 0 aromatic carbocycles. The van der Waals surface area contributed by atoms with Gasteiger partial charge in [-0.25, -0.2) is 0 Å². The van der Waals surface area contributed by atoms with Crippen molar-refractivity contribution in [2.45, 2.75) is 211 Å². The smallest absolute Gasteiger partial charge is 0.315 e. The molecule has 8 aliphatic rings. The van der Waals surface area contributed by atoms with Crippen molar-refractivity contribution < 1.29 is 89.4 Å². The first-order valence-corrected chi connectivity index (χ1v) is 24.3. The minimum atomic E-state index is -1.77. The molecule has 0 bridgehead atoms. The quantitative estimate of drug-likeness (QED) is 0.0833. The third-order valence-electron chi connectivity index (χ3n) is 19.3. The first-order chi connectivity index (χ1) is 30.9. The lowest BCUT2D eigenvalue weighted by molar-refractivity contribution is -0.368. The van der Waals surface area contributed by atoms with E-state index >= 15 is 0 Å². The molecule has 378 valence electrons. The fraction of sp³-hybridized carbons (Fsp3) is 0.938. The molecule has 11 N–H and O–H groups in total. The average Bonchev–Trinajstić information content (AvgIpc) is 3.27. The Morgan fingerprint density at radius 1 is 0.606 bits per heavy atom. The van der Waals surface area contributed by atoms with E-state index in [4.69, 9.17) is 28.4 Å². The van der Waals surface area contributed by atoms with Crippen molar-refractivity contribution in [3.63, 3.8) is 0 Å². The molecular formula is C48H78O18. The number of aliphatic hydroxyl groups excluding tert-OH is 11. The molecule has 18 nitrogen and oxygen atoms in total. The van der Waals surface area contributed by atoms with Gasteiger partial charge in [0.15, 0.2) is 12.6 Å². The summed E-state index contributed by atoms with van der Waals surface area (Å²) in [4.78, 5) is 14.7. The fourth-order valence-corrected chi connectivity index (χ4v) is 15.0. The molecule has 66 heavy (non-hydrogen) atoms. The van der Waals surface area contributed by atoms with Crippen molar-refractivity contribution >= 4 is 5.97 Å². The topological polar surface area (TPSA) is 295 Å². The summed E-state index contributed by atoms with van der Waals surface area (Å²) in [5.41, 5.74) is -0.613. The molecule has 0 aromatic rings. The minimum absolute atomic E-state index is 0.0540. The molecule has 0 amide bonds. The van der Waals surface area contributed by atoms with Crippen molar-refractivity contribution in [2.75, 3.05) is 19.8 Å². The number of aliphatic hydroxyl groups is 11. The number of hydrogen-bond donors (Lipinski definition) is 11. The number of fused-ring (bicyclic) bond motifs is 7. The molecule has 8 rings (SSSR count). The molecule has 3 aliphatic heterocycles. The van der Waals surface area contributed by atoms with Crippen LogP contribution in [0.3, 0.4) is 0 Å². The Kier molecular flexibility index (Phi) is 13.9. The lowest BCUT2D eigenvalue weighted by Gasteiger charge is -2.71. The Morgan fingerprint density at radius 3 is 1.77 bits per heavy atom. The van der Waals surface area contributed by atoms with Crippen LogP contribution >= 0.6 is 0 Å². The monoisotopic (exact) mass is 943 g/mol. The van der Waals surface area contributed by atoms with Crippen LogP contribution in [0.4, 0.5) is 0 Å². The maximum Gasteiger partial charge on any atom is 0.315 e. The van der Waals surface area contributed by atoms with Gasteiger partial charge in [-0.1, -0.05) is 60.1 Å². The molecule has 0 radical (unpaired) electrons. The number of esters is 1. The fourth-order valence-electron chi connectivity index (χ4n) is 15.0. The van der Waals surface area contributed by atoms with Gasteiger partial charge in [0.05, 0.1) is 31.3 Å². The van der Waals surface area contributed by atoms with Gasteiger partial charge >= 0.3 is 5.97 Å². The molecule has 7 unspecified atom stereocenters. The van der Waals surface area contributed by atoms with Gasteiger partial charge in [-0.3, -0.25) is 4.79 Å². The second-order valence-electron chi connectivity index (χ2n) is 23.5. The summed E-state index contributed by atoms with van der Waals surface area (Å²) in [7, 11) is 0. The Hall–Kier alpha value is -1.43. The molecule has 23 atom stereocenters. The summed E-state index contributed by atoms with van der Waals surface area (Å²) in [6.07, 6.45) is -13.5. The summed E-state index contributed by atoms with van der Waals surface area (Å²) in [5, 5.41) is 115. The van der Waals surface area contributed by atoms with E-state index in [0.29, 0.717) is 19.3 Å². The van der Waals surface area contributed by atoms with E-state index in [-0.39, 0.29) is 39.4 Å². The maximum atomic E-state index is 14.7. The highest BCUT2D eigenvalue weighted by molar-refractivity contribution is 5.79. The second-order valence-corrected chi connectivity index (χ2v) is 23.5. The van der Waals surface area contributed by atoms with E-state index in [1.807, 2.05) is 0 Å². The number of ether oxygens (including phenoxy) is 6. The number of carbonyl (C=O) groups is 1. The minimum Gasteiger partial charge on any atom is -0.432 e. The molecular weight excluding hydrogens is 865 g/mol. The third kappa shape index (κ3) is 7.87. The standard InChI is InChI=1S/C48H78O18/c1-43(2)14-16-48(42(60)66-41-36(58)33(55)31(53)25(20-50)62-41)17-15-46(6)22(23(48)18-43)8-9-28-45(5)12-11-29(44(3,4)27(45)10-13-47(28,46)7)64-39-37(59)34(56)38(26(21-51)63-39)65-40-35(57)32(54)30(52)24(19-49)61-40/h8,23-41,49-59H,9-21H2,1-7H3/t23?,24-,25-,26-,27?,28?,29?,30+,31-,32+,33+,34-,35-,36-,37-,38-,39+,40+,41+,45?,46-,47?,48?/m1/s1. The van der Waals surface area contributed by atoms with E-state index in [1.54, 1.807) is 0 Å². The van der Waals surface area contributed by atoms with Crippen molar-refractivity contribution in [2.24, 2.45) is 50.2 Å². The van der Waals surface area contributed by atoms with Gasteiger partial charge in [0, 0.05) is 0 Å². The van der Waals surface area contributed by atoms with Crippen LogP contribution in [0.5, 0.6) is 0 Å². The highest BCUT2D eigenvalue weighted by atomic mass is 16.7.